The third-order valence-corrected chi connectivity index (χ3v) is 4.44. The third kappa shape index (κ3) is 3.10. The highest BCUT2D eigenvalue weighted by Gasteiger charge is 2.39. The van der Waals surface area contributed by atoms with Gasteiger partial charge in [0.1, 0.15) is 0 Å². The summed E-state index contributed by atoms with van der Waals surface area (Å²) in [7, 11) is 0. The first-order chi connectivity index (χ1) is 9.43. The number of ether oxygens (including phenoxy) is 1. The molecule has 20 heavy (non-hydrogen) atoms. The van der Waals surface area contributed by atoms with E-state index in [2.05, 4.69) is 70.2 Å². The van der Waals surface area contributed by atoms with Crippen LogP contribution in [0.15, 0.2) is 60.7 Å². The van der Waals surface area contributed by atoms with Gasteiger partial charge in [0.15, 0.2) is 0 Å². The van der Waals surface area contributed by atoms with E-state index in [0.717, 1.165) is 0 Å². The van der Waals surface area contributed by atoms with E-state index in [1.54, 1.807) is 0 Å². The first kappa shape index (κ1) is 14.8. The Hall–Kier alpha value is -1.60. The van der Waals surface area contributed by atoms with Gasteiger partial charge in [-0.1, -0.05) is 74.5 Å². The number of benzene rings is 2. The molecule has 0 saturated carbocycles. The Balaban J connectivity index is 2.13. The molecule has 0 aliphatic heterocycles. The first-order valence-corrected chi connectivity index (χ1v) is 7.17. The van der Waals surface area contributed by atoms with Crippen LogP contribution in [0.2, 0.25) is 0 Å². The maximum Gasteiger partial charge on any atom is 0.0724 e. The fraction of sp³-hybridized carbons (Fsp3) is 0.368. The van der Waals surface area contributed by atoms with Gasteiger partial charge >= 0.3 is 0 Å². The standard InChI is InChI=1S/C19H24O/c1-18(2,17-13-9-6-10-14-17)19(3,4)20-15-16-11-7-5-8-12-16/h5-14H,15H2,1-4H3. The molecule has 0 saturated heterocycles. The Kier molecular flexibility index (Phi) is 4.29. The maximum atomic E-state index is 6.23. The van der Waals surface area contributed by atoms with Crippen molar-refractivity contribution in [3.05, 3.63) is 71.8 Å². The molecule has 0 heterocycles. The first-order valence-electron chi connectivity index (χ1n) is 7.17. The van der Waals surface area contributed by atoms with Gasteiger partial charge in [0.05, 0.1) is 12.2 Å². The molecule has 1 nitrogen and oxygen atoms in total. The Labute approximate surface area is 122 Å². The van der Waals surface area contributed by atoms with Crippen LogP contribution in [0.4, 0.5) is 0 Å². The van der Waals surface area contributed by atoms with Crippen LogP contribution in [-0.2, 0) is 16.8 Å². The van der Waals surface area contributed by atoms with E-state index >= 15 is 0 Å². The summed E-state index contributed by atoms with van der Waals surface area (Å²) in [5.41, 5.74) is 2.22. The van der Waals surface area contributed by atoms with Gasteiger partial charge in [-0.3, -0.25) is 0 Å². The lowest BCUT2D eigenvalue weighted by Crippen LogP contribution is -2.44. The molecule has 2 aromatic rings. The van der Waals surface area contributed by atoms with Gasteiger partial charge in [-0.25, -0.2) is 0 Å². The van der Waals surface area contributed by atoms with E-state index in [0.29, 0.717) is 6.61 Å². The highest BCUT2D eigenvalue weighted by atomic mass is 16.5. The quantitative estimate of drug-likeness (QED) is 0.744. The van der Waals surface area contributed by atoms with E-state index in [1.807, 2.05) is 18.2 Å². The summed E-state index contributed by atoms with van der Waals surface area (Å²) in [6.07, 6.45) is 0. The number of rotatable bonds is 5. The smallest absolute Gasteiger partial charge is 0.0724 e. The molecule has 0 atom stereocenters. The highest BCUT2D eigenvalue weighted by molar-refractivity contribution is 5.27. The predicted molar refractivity (Wildman–Crippen MR) is 84.8 cm³/mol. The van der Waals surface area contributed by atoms with Gasteiger partial charge in [0, 0.05) is 5.41 Å². The molecule has 0 N–H and O–H groups in total. The maximum absolute atomic E-state index is 6.23. The van der Waals surface area contributed by atoms with Crippen molar-refractivity contribution in [1.82, 2.24) is 0 Å². The van der Waals surface area contributed by atoms with Crippen LogP contribution in [0, 0.1) is 0 Å². The summed E-state index contributed by atoms with van der Waals surface area (Å²) in [4.78, 5) is 0. The van der Waals surface area contributed by atoms with Gasteiger partial charge in [0.2, 0.25) is 0 Å². The minimum absolute atomic E-state index is 0.0525. The normalized spacial score (nSPS) is 12.4. The highest BCUT2D eigenvalue weighted by Crippen LogP contribution is 2.37. The lowest BCUT2D eigenvalue weighted by molar-refractivity contribution is -0.0761. The van der Waals surface area contributed by atoms with Crippen molar-refractivity contribution in [3.63, 3.8) is 0 Å². The van der Waals surface area contributed by atoms with E-state index in [4.69, 9.17) is 4.74 Å². The third-order valence-electron chi connectivity index (χ3n) is 4.44. The summed E-state index contributed by atoms with van der Waals surface area (Å²) in [5, 5.41) is 0. The van der Waals surface area contributed by atoms with Gasteiger partial charge in [0.25, 0.3) is 0 Å². The molecular formula is C19H24O. The summed E-state index contributed by atoms with van der Waals surface area (Å²) in [6.45, 7) is 9.47. The molecule has 0 amide bonds. The largest absolute Gasteiger partial charge is 0.370 e. The number of hydrogen-bond donors (Lipinski definition) is 0. The van der Waals surface area contributed by atoms with Crippen LogP contribution in [0.1, 0.15) is 38.8 Å². The topological polar surface area (TPSA) is 9.23 Å². The average molecular weight is 268 g/mol. The monoisotopic (exact) mass is 268 g/mol. The second kappa shape index (κ2) is 5.80. The molecule has 0 spiro atoms. The van der Waals surface area contributed by atoms with Crippen molar-refractivity contribution in [2.24, 2.45) is 0 Å². The zero-order chi connectivity index (χ0) is 14.6. The fourth-order valence-corrected chi connectivity index (χ4v) is 2.22. The Morgan fingerprint density at radius 2 is 1.25 bits per heavy atom. The molecule has 0 radical (unpaired) electrons. The zero-order valence-electron chi connectivity index (χ0n) is 12.9. The number of hydrogen-bond acceptors (Lipinski definition) is 1. The van der Waals surface area contributed by atoms with Crippen LogP contribution in [0.5, 0.6) is 0 Å². The molecule has 0 bridgehead atoms. The minimum atomic E-state index is -0.246. The zero-order valence-corrected chi connectivity index (χ0v) is 12.9. The van der Waals surface area contributed by atoms with Gasteiger partial charge < -0.3 is 4.74 Å². The molecule has 1 heteroatoms. The van der Waals surface area contributed by atoms with Crippen LogP contribution in [-0.4, -0.2) is 5.60 Å². The molecule has 0 aliphatic carbocycles. The van der Waals surface area contributed by atoms with Crippen molar-refractivity contribution < 1.29 is 4.74 Å². The van der Waals surface area contributed by atoms with Crippen molar-refractivity contribution in [3.8, 4) is 0 Å². The Morgan fingerprint density at radius 3 is 1.80 bits per heavy atom. The SMILES string of the molecule is CC(C)(OCc1ccccc1)C(C)(C)c1ccccc1. The van der Waals surface area contributed by atoms with Crippen LogP contribution >= 0.6 is 0 Å². The van der Waals surface area contributed by atoms with Crippen molar-refractivity contribution in [1.29, 1.82) is 0 Å². The molecule has 2 aromatic carbocycles. The van der Waals surface area contributed by atoms with E-state index in [1.165, 1.54) is 11.1 Å². The van der Waals surface area contributed by atoms with Crippen molar-refractivity contribution in [2.75, 3.05) is 0 Å². The second-order valence-corrected chi connectivity index (χ2v) is 6.28. The average Bonchev–Trinajstić information content (AvgIpc) is 2.47. The molecular weight excluding hydrogens is 244 g/mol. The summed E-state index contributed by atoms with van der Waals surface area (Å²) in [6, 6.07) is 20.9. The van der Waals surface area contributed by atoms with E-state index in [-0.39, 0.29) is 11.0 Å². The van der Waals surface area contributed by atoms with Gasteiger partial charge in [-0.15, -0.1) is 0 Å². The lowest BCUT2D eigenvalue weighted by Gasteiger charge is -2.42. The predicted octanol–water partition coefficient (Wildman–Crippen LogP) is 4.96. The lowest BCUT2D eigenvalue weighted by atomic mass is 9.72. The molecule has 106 valence electrons. The van der Waals surface area contributed by atoms with Gasteiger partial charge in [-0.05, 0) is 25.0 Å². The van der Waals surface area contributed by atoms with E-state index in [9.17, 15) is 0 Å². The summed E-state index contributed by atoms with van der Waals surface area (Å²) in [5.74, 6) is 0. The van der Waals surface area contributed by atoms with Crippen LogP contribution in [0.25, 0.3) is 0 Å². The Morgan fingerprint density at radius 1 is 0.750 bits per heavy atom. The van der Waals surface area contributed by atoms with Crippen molar-refractivity contribution in [2.45, 2.75) is 45.3 Å². The summed E-state index contributed by atoms with van der Waals surface area (Å²) >= 11 is 0. The molecule has 0 fully saturated rings. The minimum Gasteiger partial charge on any atom is -0.370 e. The Bertz CT molecular complexity index is 526. The molecule has 2 rings (SSSR count). The molecule has 0 unspecified atom stereocenters. The molecule has 0 aliphatic rings. The second-order valence-electron chi connectivity index (χ2n) is 6.28. The molecule has 0 aromatic heterocycles. The van der Waals surface area contributed by atoms with Crippen molar-refractivity contribution >= 4 is 0 Å². The van der Waals surface area contributed by atoms with Crippen LogP contribution in [0.3, 0.4) is 0 Å². The van der Waals surface area contributed by atoms with Gasteiger partial charge in [-0.2, -0.15) is 0 Å². The fourth-order valence-electron chi connectivity index (χ4n) is 2.22. The van der Waals surface area contributed by atoms with E-state index < -0.39 is 0 Å². The summed E-state index contributed by atoms with van der Waals surface area (Å²) < 4.78 is 6.23. The van der Waals surface area contributed by atoms with Crippen LogP contribution < -0.4 is 0 Å².